The van der Waals surface area contributed by atoms with Crippen molar-refractivity contribution in [2.75, 3.05) is 0 Å². The van der Waals surface area contributed by atoms with E-state index in [1.54, 1.807) is 0 Å². The summed E-state index contributed by atoms with van der Waals surface area (Å²) in [6.07, 6.45) is 0. The number of rotatable bonds is 5. The van der Waals surface area contributed by atoms with Crippen LogP contribution in [0.15, 0.2) is 53.1 Å². The lowest BCUT2D eigenvalue weighted by Gasteiger charge is -2.18. The molecule has 0 amide bonds. The van der Waals surface area contributed by atoms with E-state index in [9.17, 15) is 0 Å². The normalized spacial score (nSPS) is 13.0. The van der Waals surface area contributed by atoms with Crippen LogP contribution in [0.1, 0.15) is 56.3 Å². The molecule has 1 atom stereocenters. The molecule has 4 nitrogen and oxygen atoms in total. The maximum atomic E-state index is 5.40. The van der Waals surface area contributed by atoms with Gasteiger partial charge < -0.3 is 9.84 Å². The topological polar surface area (TPSA) is 51.0 Å². The monoisotopic (exact) mass is 349 g/mol. The molecule has 0 bridgehead atoms. The molecule has 3 aromatic rings. The van der Waals surface area contributed by atoms with Crippen LogP contribution in [0.2, 0.25) is 0 Å². The summed E-state index contributed by atoms with van der Waals surface area (Å²) in [5, 5.41) is 7.55. The Morgan fingerprint density at radius 1 is 1.00 bits per heavy atom. The van der Waals surface area contributed by atoms with Gasteiger partial charge in [-0.1, -0.05) is 80.0 Å². The van der Waals surface area contributed by atoms with Crippen LogP contribution in [0.25, 0.3) is 11.4 Å². The fourth-order valence-corrected chi connectivity index (χ4v) is 2.78. The Morgan fingerprint density at radius 3 is 2.27 bits per heavy atom. The molecule has 0 saturated carbocycles. The van der Waals surface area contributed by atoms with E-state index in [-0.39, 0.29) is 11.5 Å². The lowest BCUT2D eigenvalue weighted by atomic mass is 9.87. The lowest BCUT2D eigenvalue weighted by Crippen LogP contribution is -2.18. The van der Waals surface area contributed by atoms with Crippen molar-refractivity contribution in [3.05, 3.63) is 71.1 Å². The zero-order valence-electron chi connectivity index (χ0n) is 16.2. The van der Waals surface area contributed by atoms with Crippen LogP contribution in [0.4, 0.5) is 0 Å². The molecule has 4 heteroatoms. The molecule has 0 aliphatic rings. The molecule has 3 rings (SSSR count). The number of nitrogens with one attached hydrogen (secondary N) is 1. The van der Waals surface area contributed by atoms with E-state index in [4.69, 9.17) is 4.52 Å². The lowest BCUT2D eigenvalue weighted by molar-refractivity contribution is 0.360. The summed E-state index contributed by atoms with van der Waals surface area (Å²) in [5.74, 6) is 1.23. The second-order valence-electron chi connectivity index (χ2n) is 7.85. The summed E-state index contributed by atoms with van der Waals surface area (Å²) in [6, 6.07) is 17.1. The molecule has 136 valence electrons. The van der Waals surface area contributed by atoms with Crippen LogP contribution < -0.4 is 5.32 Å². The van der Waals surface area contributed by atoms with Gasteiger partial charge in [0.25, 0.3) is 0 Å². The van der Waals surface area contributed by atoms with Gasteiger partial charge >= 0.3 is 0 Å². The third kappa shape index (κ3) is 4.38. The highest BCUT2D eigenvalue weighted by Crippen LogP contribution is 2.25. The Bertz CT molecular complexity index is 842. The molecular weight excluding hydrogens is 322 g/mol. The number of aromatic nitrogens is 2. The molecule has 0 spiro atoms. The van der Waals surface area contributed by atoms with Crippen LogP contribution in [-0.2, 0) is 12.0 Å². The summed E-state index contributed by atoms with van der Waals surface area (Å²) in [4.78, 5) is 4.51. The van der Waals surface area contributed by atoms with Crippen LogP contribution in [-0.4, -0.2) is 10.1 Å². The largest absolute Gasteiger partial charge is 0.338 e. The molecule has 0 aliphatic heterocycles. The van der Waals surface area contributed by atoms with Crippen molar-refractivity contribution < 1.29 is 4.52 Å². The molecule has 1 heterocycles. The van der Waals surface area contributed by atoms with Gasteiger partial charge in [-0.15, -0.1) is 0 Å². The highest BCUT2D eigenvalue weighted by atomic mass is 16.5. The van der Waals surface area contributed by atoms with E-state index in [1.165, 1.54) is 16.7 Å². The first-order valence-corrected chi connectivity index (χ1v) is 9.06. The fourth-order valence-electron chi connectivity index (χ4n) is 2.78. The van der Waals surface area contributed by atoms with Crippen molar-refractivity contribution in [1.82, 2.24) is 15.5 Å². The van der Waals surface area contributed by atoms with Crippen LogP contribution in [0, 0.1) is 6.92 Å². The Kier molecular flexibility index (Phi) is 5.23. The Morgan fingerprint density at radius 2 is 1.65 bits per heavy atom. The molecular formula is C22H27N3O. The number of aryl methyl sites for hydroxylation is 1. The van der Waals surface area contributed by atoms with E-state index in [1.807, 2.05) is 0 Å². The van der Waals surface area contributed by atoms with Gasteiger partial charge in [-0.25, -0.2) is 0 Å². The first-order chi connectivity index (χ1) is 12.3. The Labute approximate surface area is 155 Å². The van der Waals surface area contributed by atoms with Gasteiger partial charge in [-0.3, -0.25) is 0 Å². The van der Waals surface area contributed by atoms with Crippen LogP contribution in [0.5, 0.6) is 0 Å². The third-order valence-corrected chi connectivity index (χ3v) is 4.61. The molecule has 26 heavy (non-hydrogen) atoms. The minimum atomic E-state index is 0.136. The summed E-state index contributed by atoms with van der Waals surface area (Å²) in [6.45, 7) is 11.4. The fraction of sp³-hybridized carbons (Fsp3) is 0.364. The second-order valence-corrected chi connectivity index (χ2v) is 7.85. The summed E-state index contributed by atoms with van der Waals surface area (Å²) in [5.41, 5.74) is 4.91. The van der Waals surface area contributed by atoms with Gasteiger partial charge in [0.1, 0.15) is 0 Å². The van der Waals surface area contributed by atoms with Crippen molar-refractivity contribution in [1.29, 1.82) is 0 Å². The molecule has 1 N–H and O–H groups in total. The first kappa shape index (κ1) is 18.3. The summed E-state index contributed by atoms with van der Waals surface area (Å²) >= 11 is 0. The second kappa shape index (κ2) is 7.42. The van der Waals surface area contributed by atoms with E-state index < -0.39 is 0 Å². The highest BCUT2D eigenvalue weighted by Gasteiger charge is 2.15. The molecule has 2 aromatic carbocycles. The van der Waals surface area contributed by atoms with Crippen LogP contribution >= 0.6 is 0 Å². The third-order valence-electron chi connectivity index (χ3n) is 4.61. The zero-order chi connectivity index (χ0) is 18.7. The van der Waals surface area contributed by atoms with E-state index in [0.717, 1.165) is 5.56 Å². The van der Waals surface area contributed by atoms with Crippen molar-refractivity contribution in [3.8, 4) is 11.4 Å². The van der Waals surface area contributed by atoms with Crippen molar-refractivity contribution in [3.63, 3.8) is 0 Å². The van der Waals surface area contributed by atoms with E-state index in [0.29, 0.717) is 18.3 Å². The van der Waals surface area contributed by atoms with Gasteiger partial charge in [0.05, 0.1) is 6.54 Å². The van der Waals surface area contributed by atoms with Gasteiger partial charge in [-0.05, 0) is 30.4 Å². The van der Waals surface area contributed by atoms with E-state index >= 15 is 0 Å². The van der Waals surface area contributed by atoms with Gasteiger partial charge in [0.2, 0.25) is 11.7 Å². The average Bonchev–Trinajstić information content (AvgIpc) is 3.09. The van der Waals surface area contributed by atoms with Gasteiger partial charge in [0.15, 0.2) is 0 Å². The number of benzene rings is 2. The molecule has 0 saturated heterocycles. The predicted octanol–water partition coefficient (Wildman–Crippen LogP) is 5.19. The van der Waals surface area contributed by atoms with Crippen LogP contribution in [0.3, 0.4) is 0 Å². The molecule has 0 radical (unpaired) electrons. The number of nitrogens with zero attached hydrogens (tertiary/aromatic N) is 2. The summed E-state index contributed by atoms with van der Waals surface area (Å²) < 4.78 is 5.40. The van der Waals surface area contributed by atoms with Crippen molar-refractivity contribution >= 4 is 0 Å². The number of hydrogen-bond acceptors (Lipinski definition) is 4. The zero-order valence-corrected chi connectivity index (χ0v) is 16.2. The minimum Gasteiger partial charge on any atom is -0.338 e. The predicted molar refractivity (Wildman–Crippen MR) is 105 cm³/mol. The molecule has 0 aliphatic carbocycles. The molecule has 0 fully saturated rings. The minimum absolute atomic E-state index is 0.136. The maximum Gasteiger partial charge on any atom is 0.240 e. The SMILES string of the molecule is Cc1ccc([C@@H](C)NCc2nc(-c3ccc(C(C)(C)C)cc3)no2)cc1. The average molecular weight is 349 g/mol. The maximum absolute atomic E-state index is 5.40. The van der Waals surface area contributed by atoms with Gasteiger partial charge in [0, 0.05) is 11.6 Å². The Hall–Kier alpha value is -2.46. The van der Waals surface area contributed by atoms with Crippen molar-refractivity contribution in [2.45, 2.75) is 52.6 Å². The quantitative estimate of drug-likeness (QED) is 0.688. The highest BCUT2D eigenvalue weighted by molar-refractivity contribution is 5.55. The number of hydrogen-bond donors (Lipinski definition) is 1. The first-order valence-electron chi connectivity index (χ1n) is 9.06. The molecule has 0 unspecified atom stereocenters. The smallest absolute Gasteiger partial charge is 0.240 e. The van der Waals surface area contributed by atoms with Crippen molar-refractivity contribution in [2.24, 2.45) is 0 Å². The summed E-state index contributed by atoms with van der Waals surface area (Å²) in [7, 11) is 0. The van der Waals surface area contributed by atoms with E-state index in [2.05, 4.69) is 98.6 Å². The Balaban J connectivity index is 1.63. The molecule has 1 aromatic heterocycles. The van der Waals surface area contributed by atoms with Gasteiger partial charge in [-0.2, -0.15) is 4.98 Å². The standard InChI is InChI=1S/C22H27N3O/c1-15-6-8-17(9-7-15)16(2)23-14-20-24-21(25-26-20)18-10-12-19(13-11-18)22(3,4)5/h6-13,16,23H,14H2,1-5H3/t16-/m1/s1.